The fourth-order valence-corrected chi connectivity index (χ4v) is 5.39. The van der Waals surface area contributed by atoms with Crippen LogP contribution in [0.1, 0.15) is 36.5 Å². The number of nitrogens with zero attached hydrogens (tertiary/aromatic N) is 1. The molecule has 8 nitrogen and oxygen atoms in total. The highest BCUT2D eigenvalue weighted by Crippen LogP contribution is 2.38. The van der Waals surface area contributed by atoms with Crippen molar-refractivity contribution in [2.24, 2.45) is 0 Å². The first kappa shape index (κ1) is 22.9. The van der Waals surface area contributed by atoms with Crippen molar-refractivity contribution >= 4 is 21.6 Å². The van der Waals surface area contributed by atoms with Crippen molar-refractivity contribution in [2.45, 2.75) is 37.1 Å². The molecule has 0 aromatic heterocycles. The van der Waals surface area contributed by atoms with Gasteiger partial charge in [0.2, 0.25) is 15.8 Å². The van der Waals surface area contributed by atoms with Crippen molar-refractivity contribution in [3.8, 4) is 17.2 Å². The van der Waals surface area contributed by atoms with Crippen LogP contribution in [0, 0.1) is 0 Å². The molecule has 2 aromatic carbocycles. The maximum atomic E-state index is 13.0. The van der Waals surface area contributed by atoms with Crippen molar-refractivity contribution in [3.63, 3.8) is 0 Å². The normalized spacial score (nSPS) is 17.1. The Morgan fingerprint density at radius 3 is 2.13 bits per heavy atom. The number of benzene rings is 2. The quantitative estimate of drug-likeness (QED) is 0.696. The molecular formula is C22H28N2O6S. The molecule has 0 bridgehead atoms. The summed E-state index contributed by atoms with van der Waals surface area (Å²) in [4.78, 5) is 12.9. The van der Waals surface area contributed by atoms with Gasteiger partial charge in [0.1, 0.15) is 0 Å². The molecular weight excluding hydrogens is 420 g/mol. The van der Waals surface area contributed by atoms with E-state index in [0.29, 0.717) is 35.0 Å². The topological polar surface area (TPSA) is 94.2 Å². The summed E-state index contributed by atoms with van der Waals surface area (Å²) in [6.45, 7) is 2.46. The molecule has 0 radical (unpaired) electrons. The van der Waals surface area contributed by atoms with Gasteiger partial charge in [-0.1, -0.05) is 6.42 Å². The largest absolute Gasteiger partial charge is 0.493 e. The van der Waals surface area contributed by atoms with Crippen LogP contribution in [0.4, 0.5) is 5.69 Å². The summed E-state index contributed by atoms with van der Waals surface area (Å²) >= 11 is 0. The molecule has 1 saturated heterocycles. The van der Waals surface area contributed by atoms with Crippen LogP contribution in [-0.2, 0) is 10.0 Å². The Morgan fingerprint density at radius 2 is 1.61 bits per heavy atom. The fraction of sp³-hybridized carbons (Fsp3) is 0.409. The van der Waals surface area contributed by atoms with Crippen LogP contribution in [0.5, 0.6) is 17.2 Å². The number of amides is 1. The average Bonchev–Trinajstić information content (AvgIpc) is 2.78. The van der Waals surface area contributed by atoms with Crippen LogP contribution in [0.3, 0.4) is 0 Å². The minimum Gasteiger partial charge on any atom is -0.493 e. The Hall–Kier alpha value is -2.78. The zero-order chi connectivity index (χ0) is 22.6. The predicted octanol–water partition coefficient (Wildman–Crippen LogP) is 3.53. The molecule has 31 heavy (non-hydrogen) atoms. The van der Waals surface area contributed by atoms with E-state index in [1.165, 1.54) is 33.5 Å². The van der Waals surface area contributed by atoms with Gasteiger partial charge in [-0.2, -0.15) is 4.31 Å². The molecule has 2 aromatic rings. The fourth-order valence-electron chi connectivity index (χ4n) is 3.69. The highest BCUT2D eigenvalue weighted by Gasteiger charge is 2.30. The lowest BCUT2D eigenvalue weighted by Crippen LogP contribution is -2.41. The molecule has 0 spiro atoms. The molecule has 0 unspecified atom stereocenters. The van der Waals surface area contributed by atoms with Crippen LogP contribution in [0.15, 0.2) is 41.3 Å². The number of anilines is 1. The van der Waals surface area contributed by atoms with Crippen LogP contribution >= 0.6 is 0 Å². The molecule has 1 amide bonds. The molecule has 0 aliphatic carbocycles. The standard InChI is InChI=1S/C22H28N2O6S/c1-15-7-5-6-12-24(15)31(26,27)18-10-8-17(9-11-18)23-22(25)16-13-19(28-2)21(30-4)20(14-16)29-3/h8-11,13-15H,5-7,12H2,1-4H3,(H,23,25)/t15-/m1/s1. The van der Waals surface area contributed by atoms with Gasteiger partial charge >= 0.3 is 0 Å². The van der Waals surface area contributed by atoms with Gasteiger partial charge in [-0.3, -0.25) is 4.79 Å². The third-order valence-electron chi connectivity index (χ3n) is 5.39. The van der Waals surface area contributed by atoms with E-state index in [2.05, 4.69) is 5.32 Å². The summed E-state index contributed by atoms with van der Waals surface area (Å²) in [5, 5.41) is 2.77. The van der Waals surface area contributed by atoms with E-state index >= 15 is 0 Å². The number of hydrogen-bond acceptors (Lipinski definition) is 6. The van der Waals surface area contributed by atoms with Gasteiger partial charge in [0.15, 0.2) is 11.5 Å². The van der Waals surface area contributed by atoms with Gasteiger partial charge < -0.3 is 19.5 Å². The molecule has 3 rings (SSSR count). The van der Waals surface area contributed by atoms with Crippen LogP contribution in [-0.4, -0.2) is 52.5 Å². The zero-order valence-corrected chi connectivity index (χ0v) is 19.0. The van der Waals surface area contributed by atoms with Crippen molar-refractivity contribution in [3.05, 3.63) is 42.0 Å². The van der Waals surface area contributed by atoms with Crippen LogP contribution in [0.2, 0.25) is 0 Å². The van der Waals surface area contributed by atoms with Gasteiger partial charge in [-0.25, -0.2) is 8.42 Å². The van der Waals surface area contributed by atoms with E-state index in [9.17, 15) is 13.2 Å². The third-order valence-corrected chi connectivity index (χ3v) is 7.42. The molecule has 1 atom stereocenters. The minimum absolute atomic E-state index is 0.0156. The van der Waals surface area contributed by atoms with E-state index in [1.54, 1.807) is 28.6 Å². The molecule has 1 fully saturated rings. The number of carbonyl (C=O) groups is 1. The number of nitrogens with one attached hydrogen (secondary N) is 1. The smallest absolute Gasteiger partial charge is 0.255 e. The van der Waals surface area contributed by atoms with Gasteiger partial charge in [0.05, 0.1) is 26.2 Å². The SMILES string of the molecule is COc1cc(C(=O)Nc2ccc(S(=O)(=O)N3CCCC[C@H]3C)cc2)cc(OC)c1OC. The minimum atomic E-state index is -3.56. The predicted molar refractivity (Wildman–Crippen MR) is 118 cm³/mol. The van der Waals surface area contributed by atoms with E-state index in [0.717, 1.165) is 19.3 Å². The zero-order valence-electron chi connectivity index (χ0n) is 18.2. The highest BCUT2D eigenvalue weighted by molar-refractivity contribution is 7.89. The van der Waals surface area contributed by atoms with Crippen molar-refractivity contribution in [1.82, 2.24) is 4.31 Å². The molecule has 1 heterocycles. The number of rotatable bonds is 7. The Morgan fingerprint density at radius 1 is 1.00 bits per heavy atom. The van der Waals surface area contributed by atoms with Gasteiger partial charge in [0.25, 0.3) is 5.91 Å². The average molecular weight is 449 g/mol. The molecule has 1 aliphatic heterocycles. The highest BCUT2D eigenvalue weighted by atomic mass is 32.2. The second-order valence-corrected chi connectivity index (χ2v) is 9.24. The van der Waals surface area contributed by atoms with Crippen molar-refractivity contribution < 1.29 is 27.4 Å². The van der Waals surface area contributed by atoms with E-state index in [1.807, 2.05) is 6.92 Å². The first-order valence-corrected chi connectivity index (χ1v) is 11.5. The molecule has 0 saturated carbocycles. The van der Waals surface area contributed by atoms with Gasteiger partial charge in [0, 0.05) is 23.8 Å². The van der Waals surface area contributed by atoms with Gasteiger partial charge in [-0.15, -0.1) is 0 Å². The molecule has 9 heteroatoms. The Labute approximate surface area is 183 Å². The number of carbonyl (C=O) groups excluding carboxylic acids is 1. The molecule has 168 valence electrons. The lowest BCUT2D eigenvalue weighted by atomic mass is 10.1. The summed E-state index contributed by atoms with van der Waals surface area (Å²) in [5.41, 5.74) is 0.790. The number of hydrogen-bond donors (Lipinski definition) is 1. The number of ether oxygens (including phenoxy) is 3. The second-order valence-electron chi connectivity index (χ2n) is 7.35. The summed E-state index contributed by atoms with van der Waals surface area (Å²) < 4.78 is 43.3. The maximum absolute atomic E-state index is 13.0. The maximum Gasteiger partial charge on any atom is 0.255 e. The number of sulfonamides is 1. The molecule has 1 N–H and O–H groups in total. The third kappa shape index (κ3) is 4.77. The summed E-state index contributed by atoms with van der Waals surface area (Å²) in [6.07, 6.45) is 2.77. The van der Waals surface area contributed by atoms with E-state index < -0.39 is 10.0 Å². The second kappa shape index (κ2) is 9.57. The van der Waals surface area contributed by atoms with E-state index in [-0.39, 0.29) is 16.8 Å². The Kier molecular flexibility index (Phi) is 7.07. The lowest BCUT2D eigenvalue weighted by Gasteiger charge is -2.32. The van der Waals surface area contributed by atoms with Crippen molar-refractivity contribution in [1.29, 1.82) is 0 Å². The van der Waals surface area contributed by atoms with Crippen LogP contribution < -0.4 is 19.5 Å². The summed E-state index contributed by atoms with van der Waals surface area (Å²) in [5.74, 6) is 0.732. The van der Waals surface area contributed by atoms with Crippen LogP contribution in [0.25, 0.3) is 0 Å². The monoisotopic (exact) mass is 448 g/mol. The lowest BCUT2D eigenvalue weighted by molar-refractivity contribution is 0.102. The summed E-state index contributed by atoms with van der Waals surface area (Å²) in [6, 6.07) is 9.27. The Balaban J connectivity index is 1.79. The first-order valence-electron chi connectivity index (χ1n) is 10.0. The van der Waals surface area contributed by atoms with Gasteiger partial charge in [-0.05, 0) is 56.2 Å². The Bertz CT molecular complexity index is 1010. The molecule has 1 aliphatic rings. The first-order chi connectivity index (χ1) is 14.8. The van der Waals surface area contributed by atoms with Crippen molar-refractivity contribution in [2.75, 3.05) is 33.2 Å². The van der Waals surface area contributed by atoms with E-state index in [4.69, 9.17) is 14.2 Å². The summed E-state index contributed by atoms with van der Waals surface area (Å²) in [7, 11) is 0.873. The number of methoxy groups -OCH3 is 3. The number of piperidine rings is 1.